The quantitative estimate of drug-likeness (QED) is 0.843. The van der Waals surface area contributed by atoms with Crippen LogP contribution >= 0.6 is 0 Å². The topological polar surface area (TPSA) is 46.5 Å². The number of aryl methyl sites for hydroxylation is 1. The summed E-state index contributed by atoms with van der Waals surface area (Å²) < 4.78 is 18.4. The molecule has 0 spiro atoms. The van der Waals surface area contributed by atoms with Gasteiger partial charge in [-0.15, -0.1) is 0 Å². The summed E-state index contributed by atoms with van der Waals surface area (Å²) in [7, 11) is 1.27. The minimum absolute atomic E-state index is 0.0837. The summed E-state index contributed by atoms with van der Waals surface area (Å²) in [5, 5.41) is 9.66. The summed E-state index contributed by atoms with van der Waals surface area (Å²) in [6.07, 6.45) is 0. The second kappa shape index (κ2) is 5.10. The van der Waals surface area contributed by atoms with Gasteiger partial charge in [0.2, 0.25) is 0 Å². The highest BCUT2D eigenvalue weighted by molar-refractivity contribution is 5.91. The number of benzene rings is 2. The SMILES string of the molecule is COC(=O)c1ccc(F)c(-c2ccc(C)c(O)c2)c1. The Labute approximate surface area is 110 Å². The van der Waals surface area contributed by atoms with Gasteiger partial charge in [-0.1, -0.05) is 12.1 Å². The number of aromatic hydroxyl groups is 1. The van der Waals surface area contributed by atoms with Crippen molar-refractivity contribution in [1.82, 2.24) is 0 Å². The number of carbonyl (C=O) groups is 1. The Morgan fingerprint density at radius 1 is 1.21 bits per heavy atom. The average molecular weight is 260 g/mol. The van der Waals surface area contributed by atoms with Crippen LogP contribution in [0.1, 0.15) is 15.9 Å². The van der Waals surface area contributed by atoms with E-state index in [4.69, 9.17) is 0 Å². The second-order valence-electron chi connectivity index (χ2n) is 4.19. The standard InChI is InChI=1S/C15H13FO3/c1-9-3-4-10(8-14(9)17)12-7-11(15(18)19-2)5-6-13(12)16/h3-8,17H,1-2H3. The zero-order valence-corrected chi connectivity index (χ0v) is 10.6. The third-order valence-corrected chi connectivity index (χ3v) is 2.91. The summed E-state index contributed by atoms with van der Waals surface area (Å²) in [5.74, 6) is -0.908. The van der Waals surface area contributed by atoms with Gasteiger partial charge in [0.25, 0.3) is 0 Å². The number of methoxy groups -OCH3 is 1. The number of halogens is 1. The predicted molar refractivity (Wildman–Crippen MR) is 69.6 cm³/mol. The van der Waals surface area contributed by atoms with Crippen molar-refractivity contribution in [3.8, 4) is 16.9 Å². The molecule has 0 heterocycles. The Morgan fingerprint density at radius 3 is 2.58 bits per heavy atom. The van der Waals surface area contributed by atoms with Crippen LogP contribution in [-0.4, -0.2) is 18.2 Å². The maximum atomic E-state index is 13.8. The molecule has 0 saturated carbocycles. The summed E-state index contributed by atoms with van der Waals surface area (Å²) in [4.78, 5) is 11.4. The molecule has 0 atom stereocenters. The largest absolute Gasteiger partial charge is 0.508 e. The molecule has 19 heavy (non-hydrogen) atoms. The number of phenols is 1. The molecule has 0 fully saturated rings. The van der Waals surface area contributed by atoms with Crippen LogP contribution in [0.5, 0.6) is 5.75 Å². The van der Waals surface area contributed by atoms with Crippen molar-refractivity contribution < 1.29 is 19.0 Å². The molecule has 98 valence electrons. The van der Waals surface area contributed by atoms with E-state index in [1.54, 1.807) is 19.1 Å². The first-order chi connectivity index (χ1) is 9.02. The monoisotopic (exact) mass is 260 g/mol. The van der Waals surface area contributed by atoms with Crippen LogP contribution in [0.25, 0.3) is 11.1 Å². The fraction of sp³-hybridized carbons (Fsp3) is 0.133. The summed E-state index contributed by atoms with van der Waals surface area (Å²) in [6, 6.07) is 8.82. The van der Waals surface area contributed by atoms with Crippen LogP contribution in [0, 0.1) is 12.7 Å². The number of rotatable bonds is 2. The van der Waals surface area contributed by atoms with E-state index in [0.717, 1.165) is 0 Å². The zero-order valence-electron chi connectivity index (χ0n) is 10.6. The first-order valence-electron chi connectivity index (χ1n) is 5.71. The van der Waals surface area contributed by atoms with Crippen molar-refractivity contribution in [2.75, 3.05) is 7.11 Å². The molecule has 2 aromatic carbocycles. The van der Waals surface area contributed by atoms with Crippen LogP contribution in [-0.2, 0) is 4.74 Å². The first-order valence-corrected chi connectivity index (χ1v) is 5.71. The maximum absolute atomic E-state index is 13.8. The van der Waals surface area contributed by atoms with E-state index in [9.17, 15) is 14.3 Å². The van der Waals surface area contributed by atoms with E-state index in [-0.39, 0.29) is 16.9 Å². The fourth-order valence-corrected chi connectivity index (χ4v) is 1.77. The molecule has 2 rings (SSSR count). The molecule has 0 unspecified atom stereocenters. The highest BCUT2D eigenvalue weighted by atomic mass is 19.1. The number of esters is 1. The van der Waals surface area contributed by atoms with Gasteiger partial charge in [-0.3, -0.25) is 0 Å². The molecule has 2 aromatic rings. The lowest BCUT2D eigenvalue weighted by molar-refractivity contribution is 0.0600. The fourth-order valence-electron chi connectivity index (χ4n) is 1.77. The molecule has 4 heteroatoms. The van der Waals surface area contributed by atoms with Gasteiger partial charge in [0, 0.05) is 5.56 Å². The Hall–Kier alpha value is -2.36. The minimum Gasteiger partial charge on any atom is -0.508 e. The normalized spacial score (nSPS) is 10.3. The van der Waals surface area contributed by atoms with E-state index < -0.39 is 11.8 Å². The van der Waals surface area contributed by atoms with Crippen LogP contribution in [0.2, 0.25) is 0 Å². The van der Waals surface area contributed by atoms with Crippen molar-refractivity contribution in [2.24, 2.45) is 0 Å². The molecule has 0 aromatic heterocycles. The molecule has 3 nitrogen and oxygen atoms in total. The van der Waals surface area contributed by atoms with E-state index >= 15 is 0 Å². The lowest BCUT2D eigenvalue weighted by Crippen LogP contribution is -2.01. The Balaban J connectivity index is 2.54. The third kappa shape index (κ3) is 2.57. The molecule has 1 N–H and O–H groups in total. The smallest absolute Gasteiger partial charge is 0.337 e. The summed E-state index contributed by atoms with van der Waals surface area (Å²) in [5.41, 5.74) is 1.72. The molecule has 0 aliphatic rings. The van der Waals surface area contributed by atoms with Crippen molar-refractivity contribution >= 4 is 5.97 Å². The molecule has 0 amide bonds. The number of hydrogen-bond donors (Lipinski definition) is 1. The molecular weight excluding hydrogens is 247 g/mol. The minimum atomic E-state index is -0.530. The first kappa shape index (κ1) is 13.1. The van der Waals surface area contributed by atoms with Crippen molar-refractivity contribution in [1.29, 1.82) is 0 Å². The number of carbonyl (C=O) groups excluding carboxylic acids is 1. The highest BCUT2D eigenvalue weighted by Gasteiger charge is 2.12. The molecule has 0 saturated heterocycles. The van der Waals surface area contributed by atoms with Crippen LogP contribution < -0.4 is 0 Å². The molecular formula is C15H13FO3. The number of ether oxygens (including phenoxy) is 1. The second-order valence-corrected chi connectivity index (χ2v) is 4.19. The molecule has 0 aliphatic heterocycles. The van der Waals surface area contributed by atoms with Gasteiger partial charge in [0.1, 0.15) is 11.6 Å². The van der Waals surface area contributed by atoms with Crippen molar-refractivity contribution in [3.05, 3.63) is 53.3 Å². The van der Waals surface area contributed by atoms with Gasteiger partial charge in [0.05, 0.1) is 12.7 Å². The lowest BCUT2D eigenvalue weighted by atomic mass is 10.0. The highest BCUT2D eigenvalue weighted by Crippen LogP contribution is 2.28. The van der Waals surface area contributed by atoms with Crippen molar-refractivity contribution in [3.63, 3.8) is 0 Å². The van der Waals surface area contributed by atoms with Gasteiger partial charge in [-0.2, -0.15) is 0 Å². The van der Waals surface area contributed by atoms with E-state index in [0.29, 0.717) is 11.1 Å². The lowest BCUT2D eigenvalue weighted by Gasteiger charge is -2.08. The van der Waals surface area contributed by atoms with E-state index in [1.807, 2.05) is 0 Å². The Kier molecular flexibility index (Phi) is 3.51. The van der Waals surface area contributed by atoms with Gasteiger partial charge >= 0.3 is 5.97 Å². The van der Waals surface area contributed by atoms with E-state index in [2.05, 4.69) is 4.74 Å². The van der Waals surface area contributed by atoms with Crippen LogP contribution in [0.4, 0.5) is 4.39 Å². The van der Waals surface area contributed by atoms with Crippen molar-refractivity contribution in [2.45, 2.75) is 6.92 Å². The van der Waals surface area contributed by atoms with Gasteiger partial charge in [0.15, 0.2) is 0 Å². The van der Waals surface area contributed by atoms with Gasteiger partial charge in [-0.25, -0.2) is 9.18 Å². The van der Waals surface area contributed by atoms with E-state index in [1.165, 1.54) is 31.4 Å². The van der Waals surface area contributed by atoms with Crippen LogP contribution in [0.15, 0.2) is 36.4 Å². The Morgan fingerprint density at radius 2 is 1.95 bits per heavy atom. The summed E-state index contributed by atoms with van der Waals surface area (Å²) in [6.45, 7) is 1.75. The summed E-state index contributed by atoms with van der Waals surface area (Å²) >= 11 is 0. The third-order valence-electron chi connectivity index (χ3n) is 2.91. The average Bonchev–Trinajstić information content (AvgIpc) is 2.41. The maximum Gasteiger partial charge on any atom is 0.337 e. The number of hydrogen-bond acceptors (Lipinski definition) is 3. The number of phenolic OH excluding ortho intramolecular Hbond substituents is 1. The molecule has 0 bridgehead atoms. The predicted octanol–water partition coefficient (Wildman–Crippen LogP) is 3.29. The van der Waals surface area contributed by atoms with Gasteiger partial charge < -0.3 is 9.84 Å². The van der Waals surface area contributed by atoms with Crippen LogP contribution in [0.3, 0.4) is 0 Å². The van der Waals surface area contributed by atoms with Gasteiger partial charge in [-0.05, 0) is 42.3 Å². The Bertz CT molecular complexity index is 635. The zero-order chi connectivity index (χ0) is 14.0. The molecule has 0 aliphatic carbocycles. The molecule has 0 radical (unpaired) electrons.